The lowest BCUT2D eigenvalue weighted by Gasteiger charge is -2.21. The van der Waals surface area contributed by atoms with Gasteiger partial charge in [-0.3, -0.25) is 0 Å². The summed E-state index contributed by atoms with van der Waals surface area (Å²) in [6.45, 7) is 6.29. The minimum absolute atomic E-state index is 0.318. The predicted octanol–water partition coefficient (Wildman–Crippen LogP) is 2.87. The largest absolute Gasteiger partial charge is 0.444 e. The number of amides is 1. The van der Waals surface area contributed by atoms with Gasteiger partial charge in [-0.15, -0.1) is 0 Å². The molecule has 0 spiro atoms. The fraction of sp³-hybridized carbons (Fsp3) is 0.750. The highest BCUT2D eigenvalue weighted by Gasteiger charge is 2.17. The maximum atomic E-state index is 11.3. The zero-order chi connectivity index (χ0) is 11.3. The van der Waals surface area contributed by atoms with Gasteiger partial charge in [-0.25, -0.2) is 4.79 Å². The first-order valence-corrected chi connectivity index (χ1v) is 5.61. The molecule has 1 aliphatic carbocycles. The molecule has 0 saturated carbocycles. The molecule has 0 aromatic heterocycles. The van der Waals surface area contributed by atoms with E-state index in [-0.39, 0.29) is 6.09 Å². The Morgan fingerprint density at radius 3 is 2.80 bits per heavy atom. The van der Waals surface area contributed by atoms with Crippen LogP contribution in [0.2, 0.25) is 0 Å². The molecular formula is C12H21NO2. The summed E-state index contributed by atoms with van der Waals surface area (Å²) >= 11 is 0. The maximum absolute atomic E-state index is 11.3. The summed E-state index contributed by atoms with van der Waals surface area (Å²) < 4.78 is 5.15. The van der Waals surface area contributed by atoms with Gasteiger partial charge < -0.3 is 10.1 Å². The number of rotatable bonds is 2. The van der Waals surface area contributed by atoms with Crippen molar-refractivity contribution in [2.45, 2.75) is 45.6 Å². The third-order valence-corrected chi connectivity index (χ3v) is 2.26. The standard InChI is InChI=1S/C12H21NO2/c1-12(2,3)15-11(14)13-9-10-7-5-4-6-8-10/h5,7,10H,4,6,8-9H2,1-3H3,(H,13,14). The number of ether oxygens (including phenoxy) is 1. The topological polar surface area (TPSA) is 38.3 Å². The van der Waals surface area contributed by atoms with Gasteiger partial charge in [-0.05, 0) is 46.0 Å². The van der Waals surface area contributed by atoms with Crippen molar-refractivity contribution in [2.75, 3.05) is 6.54 Å². The first kappa shape index (κ1) is 12.1. The molecule has 1 rings (SSSR count). The highest BCUT2D eigenvalue weighted by molar-refractivity contribution is 5.67. The van der Waals surface area contributed by atoms with Gasteiger partial charge >= 0.3 is 6.09 Å². The fourth-order valence-electron chi connectivity index (χ4n) is 1.58. The zero-order valence-corrected chi connectivity index (χ0v) is 9.88. The van der Waals surface area contributed by atoms with Crippen LogP contribution in [0.4, 0.5) is 4.79 Å². The molecule has 1 atom stereocenters. The van der Waals surface area contributed by atoms with E-state index in [0.29, 0.717) is 12.5 Å². The minimum atomic E-state index is -0.410. The molecule has 3 heteroatoms. The molecule has 1 unspecified atom stereocenters. The van der Waals surface area contributed by atoms with Crippen molar-refractivity contribution in [3.63, 3.8) is 0 Å². The summed E-state index contributed by atoms with van der Waals surface area (Å²) in [5, 5.41) is 2.80. The van der Waals surface area contributed by atoms with Gasteiger partial charge in [-0.1, -0.05) is 12.2 Å². The van der Waals surface area contributed by atoms with Crippen LogP contribution >= 0.6 is 0 Å². The van der Waals surface area contributed by atoms with E-state index in [0.717, 1.165) is 6.42 Å². The third kappa shape index (κ3) is 5.45. The van der Waals surface area contributed by atoms with Crippen LogP contribution in [0, 0.1) is 5.92 Å². The Kier molecular flexibility index (Phi) is 4.18. The second kappa shape index (κ2) is 5.19. The molecule has 0 fully saturated rings. The van der Waals surface area contributed by atoms with Gasteiger partial charge in [0.05, 0.1) is 0 Å². The average molecular weight is 211 g/mol. The summed E-state index contributed by atoms with van der Waals surface area (Å²) in [5.74, 6) is 0.478. The van der Waals surface area contributed by atoms with Crippen molar-refractivity contribution >= 4 is 6.09 Å². The van der Waals surface area contributed by atoms with E-state index < -0.39 is 5.60 Å². The fourth-order valence-corrected chi connectivity index (χ4v) is 1.58. The molecule has 15 heavy (non-hydrogen) atoms. The average Bonchev–Trinajstić information content (AvgIpc) is 2.14. The Balaban J connectivity index is 2.21. The first-order valence-electron chi connectivity index (χ1n) is 5.61. The molecule has 0 aliphatic heterocycles. The van der Waals surface area contributed by atoms with E-state index in [9.17, 15) is 4.79 Å². The second-order valence-corrected chi connectivity index (χ2v) is 5.00. The number of carbonyl (C=O) groups excluding carboxylic acids is 1. The molecule has 1 aliphatic rings. The minimum Gasteiger partial charge on any atom is -0.444 e. The van der Waals surface area contributed by atoms with Crippen LogP contribution in [0.1, 0.15) is 40.0 Å². The lowest BCUT2D eigenvalue weighted by atomic mass is 9.96. The molecule has 0 aromatic carbocycles. The molecular weight excluding hydrogens is 190 g/mol. The van der Waals surface area contributed by atoms with Crippen molar-refractivity contribution in [2.24, 2.45) is 5.92 Å². The van der Waals surface area contributed by atoms with Crippen molar-refractivity contribution in [1.29, 1.82) is 0 Å². The van der Waals surface area contributed by atoms with Gasteiger partial charge in [0.15, 0.2) is 0 Å². The Hall–Kier alpha value is -0.990. The third-order valence-electron chi connectivity index (χ3n) is 2.26. The van der Waals surface area contributed by atoms with Crippen LogP contribution in [-0.4, -0.2) is 18.2 Å². The Morgan fingerprint density at radius 2 is 2.27 bits per heavy atom. The van der Waals surface area contributed by atoms with Crippen molar-refractivity contribution in [3.8, 4) is 0 Å². The molecule has 0 bridgehead atoms. The van der Waals surface area contributed by atoms with E-state index in [1.807, 2.05) is 20.8 Å². The molecule has 86 valence electrons. The Morgan fingerprint density at radius 1 is 1.53 bits per heavy atom. The zero-order valence-electron chi connectivity index (χ0n) is 9.88. The van der Waals surface area contributed by atoms with Crippen LogP contribution in [0.5, 0.6) is 0 Å². The number of alkyl carbamates (subject to hydrolysis) is 1. The first-order chi connectivity index (χ1) is 6.97. The maximum Gasteiger partial charge on any atom is 0.407 e. The van der Waals surface area contributed by atoms with E-state index in [1.165, 1.54) is 12.8 Å². The lowest BCUT2D eigenvalue weighted by Crippen LogP contribution is -2.35. The SMILES string of the molecule is CC(C)(C)OC(=O)NCC1C=CCCC1. The van der Waals surface area contributed by atoms with Crippen LogP contribution in [0.25, 0.3) is 0 Å². The van der Waals surface area contributed by atoms with E-state index >= 15 is 0 Å². The van der Waals surface area contributed by atoms with E-state index in [4.69, 9.17) is 4.74 Å². The number of hydrogen-bond acceptors (Lipinski definition) is 2. The van der Waals surface area contributed by atoms with Crippen LogP contribution < -0.4 is 5.32 Å². The number of hydrogen-bond donors (Lipinski definition) is 1. The quantitative estimate of drug-likeness (QED) is 0.713. The number of nitrogens with one attached hydrogen (secondary N) is 1. The smallest absolute Gasteiger partial charge is 0.407 e. The summed E-state index contributed by atoms with van der Waals surface area (Å²) in [5.41, 5.74) is -0.410. The highest BCUT2D eigenvalue weighted by atomic mass is 16.6. The lowest BCUT2D eigenvalue weighted by molar-refractivity contribution is 0.0521. The summed E-state index contributed by atoms with van der Waals surface area (Å²) in [7, 11) is 0. The number of allylic oxidation sites excluding steroid dienone is 1. The molecule has 0 heterocycles. The summed E-state index contributed by atoms with van der Waals surface area (Å²) in [4.78, 5) is 11.3. The molecule has 0 aromatic rings. The van der Waals surface area contributed by atoms with E-state index in [1.54, 1.807) is 0 Å². The van der Waals surface area contributed by atoms with Crippen LogP contribution in [0.3, 0.4) is 0 Å². The summed E-state index contributed by atoms with van der Waals surface area (Å²) in [6, 6.07) is 0. The highest BCUT2D eigenvalue weighted by Crippen LogP contribution is 2.16. The van der Waals surface area contributed by atoms with Crippen molar-refractivity contribution in [3.05, 3.63) is 12.2 Å². The second-order valence-electron chi connectivity index (χ2n) is 5.00. The van der Waals surface area contributed by atoms with Crippen molar-refractivity contribution < 1.29 is 9.53 Å². The predicted molar refractivity (Wildman–Crippen MR) is 60.7 cm³/mol. The molecule has 0 saturated heterocycles. The van der Waals surface area contributed by atoms with Crippen LogP contribution in [0.15, 0.2) is 12.2 Å². The monoisotopic (exact) mass is 211 g/mol. The molecule has 1 N–H and O–H groups in total. The van der Waals surface area contributed by atoms with Gasteiger partial charge in [0, 0.05) is 6.54 Å². The number of carbonyl (C=O) groups is 1. The molecule has 0 radical (unpaired) electrons. The van der Waals surface area contributed by atoms with E-state index in [2.05, 4.69) is 17.5 Å². The summed E-state index contributed by atoms with van der Waals surface area (Å²) in [6.07, 6.45) is 7.60. The van der Waals surface area contributed by atoms with Crippen molar-refractivity contribution in [1.82, 2.24) is 5.32 Å². The normalized spacial score (nSPS) is 21.1. The molecule has 1 amide bonds. The Bertz CT molecular complexity index is 240. The van der Waals surface area contributed by atoms with Gasteiger partial charge in [0.2, 0.25) is 0 Å². The van der Waals surface area contributed by atoms with Gasteiger partial charge in [-0.2, -0.15) is 0 Å². The van der Waals surface area contributed by atoms with Gasteiger partial charge in [0.1, 0.15) is 5.60 Å². The molecule has 3 nitrogen and oxygen atoms in total. The Labute approximate surface area is 91.9 Å². The van der Waals surface area contributed by atoms with Crippen LogP contribution in [-0.2, 0) is 4.74 Å². The van der Waals surface area contributed by atoms with Gasteiger partial charge in [0.25, 0.3) is 0 Å².